The van der Waals surface area contributed by atoms with E-state index in [0.29, 0.717) is 22.8 Å². The van der Waals surface area contributed by atoms with Crippen LogP contribution < -0.4 is 14.2 Å². The van der Waals surface area contributed by atoms with Gasteiger partial charge in [-0.05, 0) is 22.8 Å². The van der Waals surface area contributed by atoms with Crippen LogP contribution in [0.3, 0.4) is 0 Å². The lowest BCUT2D eigenvalue weighted by atomic mass is 9.95. The van der Waals surface area contributed by atoms with Gasteiger partial charge in [0.1, 0.15) is 22.8 Å². The second-order valence-corrected chi connectivity index (χ2v) is 6.06. The first-order chi connectivity index (χ1) is 13.7. The molecule has 0 saturated heterocycles. The van der Waals surface area contributed by atoms with Gasteiger partial charge in [-0.15, -0.1) is 0 Å². The quantitative estimate of drug-likeness (QED) is 0.430. The number of allylic oxidation sites excluding steroid dienone is 1. The molecule has 0 radical (unpaired) electrons. The summed E-state index contributed by atoms with van der Waals surface area (Å²) in [4.78, 5) is 13.3. The van der Waals surface area contributed by atoms with Gasteiger partial charge in [-0.3, -0.25) is 4.79 Å². The molecular formula is C24H22O4. The van der Waals surface area contributed by atoms with Gasteiger partial charge in [0.25, 0.3) is 0 Å². The van der Waals surface area contributed by atoms with Gasteiger partial charge in [0, 0.05) is 12.1 Å². The number of hydrogen-bond donors (Lipinski definition) is 0. The van der Waals surface area contributed by atoms with Crippen LogP contribution in [0.15, 0.2) is 78.9 Å². The predicted molar refractivity (Wildman–Crippen MR) is 110 cm³/mol. The van der Waals surface area contributed by atoms with E-state index in [2.05, 4.69) is 0 Å². The van der Waals surface area contributed by atoms with E-state index in [0.717, 1.165) is 16.7 Å². The van der Waals surface area contributed by atoms with Gasteiger partial charge in [-0.1, -0.05) is 60.7 Å². The van der Waals surface area contributed by atoms with Crippen molar-refractivity contribution in [3.8, 4) is 17.2 Å². The summed E-state index contributed by atoms with van der Waals surface area (Å²) in [6.45, 7) is 0. The molecule has 0 aliphatic carbocycles. The summed E-state index contributed by atoms with van der Waals surface area (Å²) in [7, 11) is 4.59. The smallest absolute Gasteiger partial charge is 0.193 e. The number of ketones is 1. The fraction of sp³-hybridized carbons (Fsp3) is 0.125. The molecule has 0 unspecified atom stereocenters. The summed E-state index contributed by atoms with van der Waals surface area (Å²) >= 11 is 0. The van der Waals surface area contributed by atoms with Crippen molar-refractivity contribution < 1.29 is 19.0 Å². The van der Waals surface area contributed by atoms with E-state index in [9.17, 15) is 4.79 Å². The Morgan fingerprint density at radius 2 is 1.18 bits per heavy atom. The molecule has 3 aromatic carbocycles. The number of carbonyl (C=O) groups excluding carboxylic acids is 1. The average molecular weight is 374 g/mol. The summed E-state index contributed by atoms with van der Waals surface area (Å²) in [5, 5.41) is 0. The molecule has 0 N–H and O–H groups in total. The van der Waals surface area contributed by atoms with Crippen molar-refractivity contribution in [3.63, 3.8) is 0 Å². The Bertz CT molecular complexity index is 909. The highest BCUT2D eigenvalue weighted by atomic mass is 16.5. The fourth-order valence-electron chi connectivity index (χ4n) is 3.02. The standard InChI is InChI=1S/C24H22O4/c1-26-19-14-22(27-2)24(23(15-19)28-3)21(25)16-20(17-10-6-4-7-11-17)18-12-8-5-9-13-18/h4-16H,1-3H3. The zero-order chi connectivity index (χ0) is 19.9. The lowest BCUT2D eigenvalue weighted by Crippen LogP contribution is -2.05. The molecule has 3 rings (SSSR count). The first-order valence-corrected chi connectivity index (χ1v) is 8.84. The maximum atomic E-state index is 13.3. The van der Waals surface area contributed by atoms with Crippen molar-refractivity contribution in [2.75, 3.05) is 21.3 Å². The monoisotopic (exact) mass is 374 g/mol. The van der Waals surface area contributed by atoms with Crippen molar-refractivity contribution in [2.24, 2.45) is 0 Å². The van der Waals surface area contributed by atoms with Gasteiger partial charge in [-0.25, -0.2) is 0 Å². The zero-order valence-electron chi connectivity index (χ0n) is 16.1. The van der Waals surface area contributed by atoms with Crippen molar-refractivity contribution in [1.82, 2.24) is 0 Å². The maximum absolute atomic E-state index is 13.3. The molecular weight excluding hydrogens is 352 g/mol. The maximum Gasteiger partial charge on any atom is 0.193 e. The highest BCUT2D eigenvalue weighted by Crippen LogP contribution is 2.35. The molecule has 0 atom stereocenters. The van der Waals surface area contributed by atoms with Gasteiger partial charge in [0.15, 0.2) is 5.78 Å². The first-order valence-electron chi connectivity index (χ1n) is 8.84. The summed E-state index contributed by atoms with van der Waals surface area (Å²) in [6, 6.07) is 23.0. The normalized spacial score (nSPS) is 10.1. The van der Waals surface area contributed by atoms with Crippen LogP contribution in [0.25, 0.3) is 5.57 Å². The number of ether oxygens (including phenoxy) is 3. The van der Waals surface area contributed by atoms with Crippen LogP contribution >= 0.6 is 0 Å². The third-order valence-corrected chi connectivity index (χ3v) is 4.41. The van der Waals surface area contributed by atoms with Gasteiger partial charge in [0.05, 0.1) is 21.3 Å². The number of rotatable bonds is 7. The fourth-order valence-corrected chi connectivity index (χ4v) is 3.02. The molecule has 4 nitrogen and oxygen atoms in total. The summed E-state index contributed by atoms with van der Waals surface area (Å²) in [6.07, 6.45) is 1.62. The highest BCUT2D eigenvalue weighted by Gasteiger charge is 2.20. The van der Waals surface area contributed by atoms with Crippen LogP contribution in [0.5, 0.6) is 17.2 Å². The van der Waals surface area contributed by atoms with Crippen molar-refractivity contribution in [3.05, 3.63) is 95.6 Å². The Hall–Kier alpha value is -3.53. The molecule has 0 aromatic heterocycles. The van der Waals surface area contributed by atoms with Crippen LogP contribution in [0.4, 0.5) is 0 Å². The molecule has 4 heteroatoms. The van der Waals surface area contributed by atoms with Gasteiger partial charge in [0.2, 0.25) is 0 Å². The molecule has 0 saturated carbocycles. The van der Waals surface area contributed by atoms with Crippen LogP contribution in [0, 0.1) is 0 Å². The van der Waals surface area contributed by atoms with E-state index < -0.39 is 0 Å². The minimum absolute atomic E-state index is 0.209. The van der Waals surface area contributed by atoms with E-state index in [1.807, 2.05) is 60.7 Å². The Morgan fingerprint density at radius 1 is 0.714 bits per heavy atom. The molecule has 142 valence electrons. The molecule has 0 spiro atoms. The predicted octanol–water partition coefficient (Wildman–Crippen LogP) is 5.03. The molecule has 0 fully saturated rings. The Morgan fingerprint density at radius 3 is 1.57 bits per heavy atom. The van der Waals surface area contributed by atoms with Crippen LogP contribution in [-0.4, -0.2) is 27.1 Å². The van der Waals surface area contributed by atoms with Crippen LogP contribution in [0.2, 0.25) is 0 Å². The molecule has 0 aliphatic heterocycles. The Kier molecular flexibility index (Phi) is 6.12. The van der Waals surface area contributed by atoms with E-state index >= 15 is 0 Å². The van der Waals surface area contributed by atoms with Crippen molar-refractivity contribution in [2.45, 2.75) is 0 Å². The Labute approximate surface area is 165 Å². The number of carbonyl (C=O) groups is 1. The van der Waals surface area contributed by atoms with E-state index in [1.165, 1.54) is 14.2 Å². The zero-order valence-corrected chi connectivity index (χ0v) is 16.1. The third kappa shape index (κ3) is 4.07. The molecule has 3 aromatic rings. The summed E-state index contributed by atoms with van der Waals surface area (Å²) < 4.78 is 16.1. The van der Waals surface area contributed by atoms with Gasteiger partial charge in [-0.2, -0.15) is 0 Å². The molecule has 28 heavy (non-hydrogen) atoms. The molecule has 0 heterocycles. The van der Waals surface area contributed by atoms with Gasteiger partial charge < -0.3 is 14.2 Å². The largest absolute Gasteiger partial charge is 0.496 e. The Balaban J connectivity index is 2.15. The SMILES string of the molecule is COc1cc(OC)c(C(=O)C=C(c2ccccc2)c2ccccc2)c(OC)c1. The van der Waals surface area contributed by atoms with E-state index in [-0.39, 0.29) is 5.78 Å². The van der Waals surface area contributed by atoms with E-state index in [1.54, 1.807) is 25.3 Å². The second-order valence-electron chi connectivity index (χ2n) is 6.06. The van der Waals surface area contributed by atoms with Crippen LogP contribution in [-0.2, 0) is 0 Å². The number of methoxy groups -OCH3 is 3. The van der Waals surface area contributed by atoms with Gasteiger partial charge >= 0.3 is 0 Å². The highest BCUT2D eigenvalue weighted by molar-refractivity contribution is 6.13. The number of hydrogen-bond acceptors (Lipinski definition) is 4. The number of benzene rings is 3. The average Bonchev–Trinajstić information content (AvgIpc) is 2.77. The molecule has 0 amide bonds. The second kappa shape index (κ2) is 8.91. The summed E-state index contributed by atoms with van der Waals surface area (Å²) in [5.74, 6) is 1.15. The van der Waals surface area contributed by atoms with E-state index in [4.69, 9.17) is 14.2 Å². The topological polar surface area (TPSA) is 44.8 Å². The van der Waals surface area contributed by atoms with Crippen LogP contribution in [0.1, 0.15) is 21.5 Å². The molecule has 0 aliphatic rings. The van der Waals surface area contributed by atoms with Crippen molar-refractivity contribution >= 4 is 11.4 Å². The lowest BCUT2D eigenvalue weighted by molar-refractivity contribution is 0.104. The first kappa shape index (κ1) is 19.2. The lowest BCUT2D eigenvalue weighted by Gasteiger charge is -2.14. The molecule has 0 bridgehead atoms. The third-order valence-electron chi connectivity index (χ3n) is 4.41. The minimum atomic E-state index is -0.209. The van der Waals surface area contributed by atoms with Crippen molar-refractivity contribution in [1.29, 1.82) is 0 Å². The summed E-state index contributed by atoms with van der Waals surface area (Å²) in [5.41, 5.74) is 3.09. The minimum Gasteiger partial charge on any atom is -0.496 e.